The van der Waals surface area contributed by atoms with Crippen molar-refractivity contribution in [2.24, 2.45) is 0 Å². The third-order valence-corrected chi connectivity index (χ3v) is 3.74. The number of nitrogens with zero attached hydrogens (tertiary/aromatic N) is 2. The molecule has 1 atom stereocenters. The summed E-state index contributed by atoms with van der Waals surface area (Å²) in [4.78, 5) is 4.38. The summed E-state index contributed by atoms with van der Waals surface area (Å²) in [5.41, 5.74) is 1.02. The van der Waals surface area contributed by atoms with Gasteiger partial charge in [-0.1, -0.05) is 18.2 Å². The molecule has 126 valence electrons. The first kappa shape index (κ1) is 16.4. The lowest BCUT2D eigenvalue weighted by molar-refractivity contribution is 0.149. The highest BCUT2D eigenvalue weighted by molar-refractivity contribution is 5.78. The lowest BCUT2D eigenvalue weighted by Gasteiger charge is -2.16. The molecule has 24 heavy (non-hydrogen) atoms. The van der Waals surface area contributed by atoms with E-state index in [1.165, 1.54) is 6.07 Å². The minimum Gasteiger partial charge on any atom is -0.395 e. The molecule has 5 nitrogen and oxygen atoms in total. The number of aliphatic hydroxyl groups excluding tert-OH is 2. The summed E-state index contributed by atoms with van der Waals surface area (Å²) in [5.74, 6) is -1.17. The second kappa shape index (κ2) is 6.94. The van der Waals surface area contributed by atoms with Crippen LogP contribution in [0.2, 0.25) is 0 Å². The van der Waals surface area contributed by atoms with Gasteiger partial charge in [-0.3, -0.25) is 0 Å². The SMILES string of the molecule is OCCNc1nc2ccccc2n1CC(O)c1c(F)cccc1F. The van der Waals surface area contributed by atoms with Crippen LogP contribution in [0.5, 0.6) is 0 Å². The van der Waals surface area contributed by atoms with Gasteiger partial charge in [-0.25, -0.2) is 13.8 Å². The molecule has 0 aliphatic rings. The summed E-state index contributed by atoms with van der Waals surface area (Å²) >= 11 is 0. The first-order valence-electron chi connectivity index (χ1n) is 7.53. The number of para-hydroxylation sites is 2. The fourth-order valence-electron chi connectivity index (χ4n) is 2.66. The Morgan fingerprint density at radius 3 is 2.50 bits per heavy atom. The predicted octanol–water partition coefficient (Wildman–Crippen LogP) is 2.45. The second-order valence-corrected chi connectivity index (χ2v) is 5.34. The Bertz CT molecular complexity index is 831. The van der Waals surface area contributed by atoms with E-state index in [0.717, 1.165) is 12.1 Å². The monoisotopic (exact) mass is 333 g/mol. The fourth-order valence-corrected chi connectivity index (χ4v) is 2.66. The van der Waals surface area contributed by atoms with Gasteiger partial charge >= 0.3 is 0 Å². The van der Waals surface area contributed by atoms with Crippen molar-refractivity contribution in [3.8, 4) is 0 Å². The third kappa shape index (κ3) is 3.08. The van der Waals surface area contributed by atoms with Gasteiger partial charge in [-0.05, 0) is 24.3 Å². The average molecular weight is 333 g/mol. The molecule has 0 bridgehead atoms. The molecule has 2 aromatic carbocycles. The van der Waals surface area contributed by atoms with Gasteiger partial charge in [-0.2, -0.15) is 0 Å². The molecule has 0 radical (unpaired) electrons. The maximum absolute atomic E-state index is 13.9. The van der Waals surface area contributed by atoms with Gasteiger partial charge < -0.3 is 20.1 Å². The van der Waals surface area contributed by atoms with E-state index in [1.54, 1.807) is 16.7 Å². The Hall–Kier alpha value is -2.51. The lowest BCUT2D eigenvalue weighted by Crippen LogP contribution is -2.16. The molecule has 0 saturated carbocycles. The lowest BCUT2D eigenvalue weighted by atomic mass is 10.1. The van der Waals surface area contributed by atoms with E-state index in [-0.39, 0.29) is 25.3 Å². The van der Waals surface area contributed by atoms with Crippen LogP contribution in [-0.4, -0.2) is 32.9 Å². The van der Waals surface area contributed by atoms with Crippen LogP contribution in [0.1, 0.15) is 11.7 Å². The Balaban J connectivity index is 1.99. The molecule has 1 heterocycles. The smallest absolute Gasteiger partial charge is 0.204 e. The molecule has 0 fully saturated rings. The van der Waals surface area contributed by atoms with Crippen LogP contribution < -0.4 is 5.32 Å². The van der Waals surface area contributed by atoms with Crippen molar-refractivity contribution in [1.82, 2.24) is 9.55 Å². The van der Waals surface area contributed by atoms with E-state index in [4.69, 9.17) is 5.11 Å². The average Bonchev–Trinajstić information content (AvgIpc) is 2.90. The number of hydrogen-bond acceptors (Lipinski definition) is 4. The van der Waals surface area contributed by atoms with Crippen LogP contribution >= 0.6 is 0 Å². The van der Waals surface area contributed by atoms with Crippen molar-refractivity contribution in [3.63, 3.8) is 0 Å². The summed E-state index contributed by atoms with van der Waals surface area (Å²) in [7, 11) is 0. The van der Waals surface area contributed by atoms with Crippen molar-refractivity contribution in [2.75, 3.05) is 18.5 Å². The molecule has 0 amide bonds. The van der Waals surface area contributed by atoms with Gasteiger partial charge in [-0.15, -0.1) is 0 Å². The highest BCUT2D eigenvalue weighted by atomic mass is 19.1. The van der Waals surface area contributed by atoms with Crippen molar-refractivity contribution in [3.05, 3.63) is 59.7 Å². The van der Waals surface area contributed by atoms with Crippen molar-refractivity contribution in [1.29, 1.82) is 0 Å². The molecule has 0 spiro atoms. The van der Waals surface area contributed by atoms with Crippen LogP contribution in [0, 0.1) is 11.6 Å². The molecule has 1 unspecified atom stereocenters. The summed E-state index contributed by atoms with van der Waals surface area (Å²) in [6, 6.07) is 10.7. The Morgan fingerprint density at radius 1 is 1.08 bits per heavy atom. The second-order valence-electron chi connectivity index (χ2n) is 5.34. The number of anilines is 1. The van der Waals surface area contributed by atoms with Crippen LogP contribution in [0.15, 0.2) is 42.5 Å². The summed E-state index contributed by atoms with van der Waals surface area (Å²) in [5, 5.41) is 22.3. The normalized spacial score (nSPS) is 12.5. The van der Waals surface area contributed by atoms with Gasteiger partial charge in [0, 0.05) is 6.54 Å². The zero-order valence-corrected chi connectivity index (χ0v) is 12.8. The highest BCUT2D eigenvalue weighted by Gasteiger charge is 2.21. The number of aliphatic hydroxyl groups is 2. The molecule has 3 aromatic rings. The molecule has 7 heteroatoms. The van der Waals surface area contributed by atoms with Gasteiger partial charge in [0.1, 0.15) is 17.7 Å². The van der Waals surface area contributed by atoms with Crippen molar-refractivity contribution < 1.29 is 19.0 Å². The Labute approximate surface area is 137 Å². The van der Waals surface area contributed by atoms with Gasteiger partial charge in [0.25, 0.3) is 0 Å². The number of rotatable bonds is 6. The van der Waals surface area contributed by atoms with E-state index in [1.807, 2.05) is 12.1 Å². The van der Waals surface area contributed by atoms with E-state index in [2.05, 4.69) is 10.3 Å². The molecular weight excluding hydrogens is 316 g/mol. The maximum atomic E-state index is 13.9. The van der Waals surface area contributed by atoms with E-state index in [9.17, 15) is 13.9 Å². The number of halogens is 2. The molecule has 3 rings (SSSR count). The third-order valence-electron chi connectivity index (χ3n) is 3.74. The zero-order valence-electron chi connectivity index (χ0n) is 12.8. The summed E-state index contributed by atoms with van der Waals surface area (Å²) in [6.45, 7) is 0.104. The molecule has 0 aliphatic carbocycles. The maximum Gasteiger partial charge on any atom is 0.204 e. The van der Waals surface area contributed by atoms with E-state index >= 15 is 0 Å². The quantitative estimate of drug-likeness (QED) is 0.648. The zero-order chi connectivity index (χ0) is 17.1. The van der Waals surface area contributed by atoms with Gasteiger partial charge in [0.05, 0.1) is 29.7 Å². The van der Waals surface area contributed by atoms with Gasteiger partial charge in [0.15, 0.2) is 0 Å². The molecule has 0 saturated heterocycles. The topological polar surface area (TPSA) is 70.3 Å². The highest BCUT2D eigenvalue weighted by Crippen LogP contribution is 2.26. The fraction of sp³-hybridized carbons (Fsp3) is 0.235. The van der Waals surface area contributed by atoms with Crippen molar-refractivity contribution >= 4 is 17.0 Å². The Kier molecular flexibility index (Phi) is 4.73. The summed E-state index contributed by atoms with van der Waals surface area (Å²) in [6.07, 6.45) is -1.38. The van der Waals surface area contributed by atoms with Gasteiger partial charge in [0.2, 0.25) is 5.95 Å². The number of aromatic nitrogens is 2. The number of nitrogens with one attached hydrogen (secondary N) is 1. The molecule has 0 aliphatic heterocycles. The van der Waals surface area contributed by atoms with Crippen LogP contribution in [0.4, 0.5) is 14.7 Å². The summed E-state index contributed by atoms with van der Waals surface area (Å²) < 4.78 is 29.4. The van der Waals surface area contributed by atoms with Crippen molar-refractivity contribution in [2.45, 2.75) is 12.6 Å². The van der Waals surface area contributed by atoms with Crippen LogP contribution in [-0.2, 0) is 6.54 Å². The minimum atomic E-state index is -1.38. The minimum absolute atomic E-state index is 0.0773. The van der Waals surface area contributed by atoms with E-state index < -0.39 is 17.7 Å². The largest absolute Gasteiger partial charge is 0.395 e. The molecule has 1 aromatic heterocycles. The molecular formula is C17H17F2N3O2. The Morgan fingerprint density at radius 2 is 1.79 bits per heavy atom. The first-order valence-corrected chi connectivity index (χ1v) is 7.53. The number of fused-ring (bicyclic) bond motifs is 1. The number of imidazole rings is 1. The first-order chi connectivity index (χ1) is 11.6. The standard InChI is InChI=1S/C17H17F2N3O2/c18-11-4-3-5-12(19)16(11)15(24)10-22-14-7-2-1-6-13(14)21-17(22)20-8-9-23/h1-7,15,23-24H,8-10H2,(H,20,21). The van der Waals surface area contributed by atoms with Crippen LogP contribution in [0.25, 0.3) is 11.0 Å². The number of benzene rings is 2. The molecule has 3 N–H and O–H groups in total. The predicted molar refractivity (Wildman–Crippen MR) is 86.6 cm³/mol. The van der Waals surface area contributed by atoms with E-state index in [0.29, 0.717) is 17.0 Å². The number of hydrogen-bond donors (Lipinski definition) is 3. The van der Waals surface area contributed by atoms with Crippen LogP contribution in [0.3, 0.4) is 0 Å².